The van der Waals surface area contributed by atoms with Crippen molar-refractivity contribution in [1.29, 1.82) is 0 Å². The number of hydrogen-bond donors (Lipinski definition) is 3. The topological polar surface area (TPSA) is 60.9 Å². The van der Waals surface area contributed by atoms with Crippen LogP contribution in [-0.2, 0) is 6.54 Å². The molecule has 0 amide bonds. The third-order valence-corrected chi connectivity index (χ3v) is 3.51. The number of aromatic hydroxyl groups is 1. The highest BCUT2D eigenvalue weighted by Crippen LogP contribution is 2.27. The standard InChI is InChI=1S/C13H16BrN3O/c1-2-11(13-15-6-7-16-13)17-8-9-4-3-5-10(14)12(9)18/h3-7,11,17-18H,2,8H2,1H3,(H,15,16). The van der Waals surface area contributed by atoms with Gasteiger partial charge in [0.05, 0.1) is 10.5 Å². The number of phenolic OH excluding ortho intramolecular Hbond substituents is 1. The number of rotatable bonds is 5. The first kappa shape index (κ1) is 13.1. The number of halogens is 1. The van der Waals surface area contributed by atoms with E-state index in [1.165, 1.54) is 0 Å². The molecule has 3 N–H and O–H groups in total. The fourth-order valence-electron chi connectivity index (χ4n) is 1.84. The monoisotopic (exact) mass is 309 g/mol. The molecule has 0 fully saturated rings. The summed E-state index contributed by atoms with van der Waals surface area (Å²) < 4.78 is 0.716. The predicted molar refractivity (Wildman–Crippen MR) is 74.3 cm³/mol. The quantitative estimate of drug-likeness (QED) is 0.795. The van der Waals surface area contributed by atoms with Gasteiger partial charge in [0.1, 0.15) is 11.6 Å². The molecule has 0 saturated carbocycles. The zero-order valence-corrected chi connectivity index (χ0v) is 11.7. The highest BCUT2D eigenvalue weighted by atomic mass is 79.9. The van der Waals surface area contributed by atoms with Crippen LogP contribution in [0.3, 0.4) is 0 Å². The summed E-state index contributed by atoms with van der Waals surface area (Å²) in [7, 11) is 0. The Hall–Kier alpha value is -1.33. The summed E-state index contributed by atoms with van der Waals surface area (Å²) in [5.74, 6) is 1.21. The summed E-state index contributed by atoms with van der Waals surface area (Å²) in [5, 5.41) is 13.3. The number of H-pyrrole nitrogens is 1. The smallest absolute Gasteiger partial charge is 0.134 e. The third kappa shape index (κ3) is 2.91. The van der Waals surface area contributed by atoms with E-state index < -0.39 is 0 Å². The lowest BCUT2D eigenvalue weighted by molar-refractivity contribution is 0.448. The number of nitrogens with one attached hydrogen (secondary N) is 2. The van der Waals surface area contributed by atoms with Crippen molar-refractivity contribution in [3.05, 3.63) is 46.5 Å². The van der Waals surface area contributed by atoms with E-state index in [0.29, 0.717) is 16.8 Å². The maximum Gasteiger partial charge on any atom is 0.134 e. The van der Waals surface area contributed by atoms with Gasteiger partial charge in [0.2, 0.25) is 0 Å². The van der Waals surface area contributed by atoms with Crippen molar-refractivity contribution < 1.29 is 5.11 Å². The molecule has 0 aliphatic rings. The lowest BCUT2D eigenvalue weighted by Crippen LogP contribution is -2.21. The molecule has 1 unspecified atom stereocenters. The summed E-state index contributed by atoms with van der Waals surface area (Å²) in [4.78, 5) is 7.35. The molecule has 0 aliphatic carbocycles. The van der Waals surface area contributed by atoms with Crippen LogP contribution in [0.2, 0.25) is 0 Å². The van der Waals surface area contributed by atoms with Gasteiger partial charge in [-0.25, -0.2) is 4.98 Å². The molecular weight excluding hydrogens is 294 g/mol. The van der Waals surface area contributed by atoms with Gasteiger partial charge in [0, 0.05) is 24.5 Å². The first-order chi connectivity index (χ1) is 8.72. The summed E-state index contributed by atoms with van der Waals surface area (Å²) >= 11 is 3.31. The van der Waals surface area contributed by atoms with Crippen molar-refractivity contribution >= 4 is 15.9 Å². The number of imidazole rings is 1. The normalized spacial score (nSPS) is 12.6. The van der Waals surface area contributed by atoms with E-state index in [1.807, 2.05) is 24.4 Å². The van der Waals surface area contributed by atoms with Gasteiger partial charge in [-0.15, -0.1) is 0 Å². The Bertz CT molecular complexity index is 499. The van der Waals surface area contributed by atoms with Gasteiger partial charge in [-0.1, -0.05) is 19.1 Å². The fraction of sp³-hybridized carbons (Fsp3) is 0.308. The van der Waals surface area contributed by atoms with Crippen LogP contribution < -0.4 is 5.32 Å². The van der Waals surface area contributed by atoms with Gasteiger partial charge in [-0.05, 0) is 28.4 Å². The van der Waals surface area contributed by atoms with E-state index in [9.17, 15) is 5.11 Å². The molecule has 0 saturated heterocycles. The van der Waals surface area contributed by atoms with Gasteiger partial charge >= 0.3 is 0 Å². The predicted octanol–water partition coefficient (Wildman–Crippen LogP) is 3.12. The van der Waals surface area contributed by atoms with E-state index in [0.717, 1.165) is 17.8 Å². The van der Waals surface area contributed by atoms with E-state index in [2.05, 4.69) is 38.1 Å². The van der Waals surface area contributed by atoms with Crippen LogP contribution in [-0.4, -0.2) is 15.1 Å². The molecule has 0 radical (unpaired) electrons. The number of hydrogen-bond acceptors (Lipinski definition) is 3. The van der Waals surface area contributed by atoms with Crippen LogP contribution in [0.15, 0.2) is 35.1 Å². The minimum absolute atomic E-state index is 0.165. The molecule has 1 aromatic carbocycles. The molecular formula is C13H16BrN3O. The second-order valence-corrected chi connectivity index (χ2v) is 4.92. The molecule has 18 heavy (non-hydrogen) atoms. The van der Waals surface area contributed by atoms with Crippen LogP contribution in [0.4, 0.5) is 0 Å². The van der Waals surface area contributed by atoms with Crippen LogP contribution in [0, 0.1) is 0 Å². The molecule has 2 rings (SSSR count). The summed E-state index contributed by atoms with van der Waals surface area (Å²) in [6.07, 6.45) is 4.49. The zero-order valence-electron chi connectivity index (χ0n) is 10.2. The van der Waals surface area contributed by atoms with E-state index in [4.69, 9.17) is 0 Å². The summed E-state index contributed by atoms with van der Waals surface area (Å²) in [5.41, 5.74) is 0.870. The molecule has 2 aromatic rings. The SMILES string of the molecule is CCC(NCc1cccc(Br)c1O)c1ncc[nH]1. The number of aromatic nitrogens is 2. The Morgan fingerprint density at radius 2 is 2.33 bits per heavy atom. The minimum Gasteiger partial charge on any atom is -0.506 e. The van der Waals surface area contributed by atoms with Crippen molar-refractivity contribution in [2.24, 2.45) is 0 Å². The summed E-state index contributed by atoms with van der Waals surface area (Å²) in [6.45, 7) is 2.70. The Balaban J connectivity index is 2.04. The molecule has 1 atom stereocenters. The first-order valence-electron chi connectivity index (χ1n) is 5.91. The van der Waals surface area contributed by atoms with Crippen molar-refractivity contribution in [2.45, 2.75) is 25.9 Å². The van der Waals surface area contributed by atoms with E-state index >= 15 is 0 Å². The highest BCUT2D eigenvalue weighted by molar-refractivity contribution is 9.10. The zero-order chi connectivity index (χ0) is 13.0. The molecule has 1 heterocycles. The Morgan fingerprint density at radius 1 is 1.50 bits per heavy atom. The lowest BCUT2D eigenvalue weighted by atomic mass is 10.1. The molecule has 1 aromatic heterocycles. The maximum atomic E-state index is 9.90. The Morgan fingerprint density at radius 3 is 3.00 bits per heavy atom. The number of nitrogens with zero attached hydrogens (tertiary/aromatic N) is 1. The molecule has 0 bridgehead atoms. The van der Waals surface area contributed by atoms with Gasteiger partial charge in [0.25, 0.3) is 0 Å². The molecule has 0 aliphatic heterocycles. The van der Waals surface area contributed by atoms with Gasteiger partial charge in [-0.3, -0.25) is 0 Å². The van der Waals surface area contributed by atoms with Crippen molar-refractivity contribution in [1.82, 2.24) is 15.3 Å². The van der Waals surface area contributed by atoms with E-state index in [-0.39, 0.29) is 6.04 Å². The second-order valence-electron chi connectivity index (χ2n) is 4.06. The van der Waals surface area contributed by atoms with Gasteiger partial charge in [0.15, 0.2) is 0 Å². The number of benzene rings is 1. The number of phenols is 1. The van der Waals surface area contributed by atoms with Gasteiger partial charge in [-0.2, -0.15) is 0 Å². The molecule has 96 valence electrons. The maximum absolute atomic E-state index is 9.90. The first-order valence-corrected chi connectivity index (χ1v) is 6.70. The van der Waals surface area contributed by atoms with Crippen molar-refractivity contribution in [3.8, 4) is 5.75 Å². The minimum atomic E-state index is 0.165. The fourth-order valence-corrected chi connectivity index (χ4v) is 2.25. The highest BCUT2D eigenvalue weighted by Gasteiger charge is 2.12. The Labute approximate surface area is 115 Å². The average Bonchev–Trinajstić information content (AvgIpc) is 2.89. The van der Waals surface area contributed by atoms with Crippen molar-refractivity contribution in [2.75, 3.05) is 0 Å². The largest absolute Gasteiger partial charge is 0.506 e. The summed E-state index contributed by atoms with van der Waals surface area (Å²) in [6, 6.07) is 5.80. The van der Waals surface area contributed by atoms with E-state index in [1.54, 1.807) is 6.20 Å². The lowest BCUT2D eigenvalue weighted by Gasteiger charge is -2.15. The number of aromatic amines is 1. The Kier molecular flexibility index (Phi) is 4.38. The third-order valence-electron chi connectivity index (χ3n) is 2.87. The van der Waals surface area contributed by atoms with Crippen LogP contribution >= 0.6 is 15.9 Å². The molecule has 4 nitrogen and oxygen atoms in total. The van der Waals surface area contributed by atoms with Crippen molar-refractivity contribution in [3.63, 3.8) is 0 Å². The number of para-hydroxylation sites is 1. The van der Waals surface area contributed by atoms with Crippen LogP contribution in [0.5, 0.6) is 5.75 Å². The van der Waals surface area contributed by atoms with Gasteiger partial charge < -0.3 is 15.4 Å². The average molecular weight is 310 g/mol. The molecule has 5 heteroatoms. The molecule has 0 spiro atoms. The second kappa shape index (κ2) is 6.02. The van der Waals surface area contributed by atoms with Crippen LogP contribution in [0.25, 0.3) is 0 Å². The van der Waals surface area contributed by atoms with Crippen LogP contribution in [0.1, 0.15) is 30.8 Å².